The van der Waals surface area contributed by atoms with E-state index in [1.54, 1.807) is 0 Å². The summed E-state index contributed by atoms with van der Waals surface area (Å²) in [5.41, 5.74) is 3.74. The number of nitrogens with zero attached hydrogens (tertiary/aromatic N) is 1. The van der Waals surface area contributed by atoms with E-state index in [-0.39, 0.29) is 11.9 Å². The highest BCUT2D eigenvalue weighted by molar-refractivity contribution is 6.09. The predicted molar refractivity (Wildman–Crippen MR) is 81.9 cm³/mol. The van der Waals surface area contributed by atoms with Crippen LogP contribution < -0.4 is 10.6 Å². The van der Waals surface area contributed by atoms with Crippen LogP contribution in [0.25, 0.3) is 0 Å². The summed E-state index contributed by atoms with van der Waals surface area (Å²) < 4.78 is 0. The van der Waals surface area contributed by atoms with E-state index in [0.717, 1.165) is 16.7 Å². The molecule has 0 saturated carbocycles. The van der Waals surface area contributed by atoms with Gasteiger partial charge in [0.05, 0.1) is 0 Å². The molecule has 1 amide bonds. The van der Waals surface area contributed by atoms with Gasteiger partial charge in [-0.1, -0.05) is 17.7 Å². The zero-order valence-corrected chi connectivity index (χ0v) is 13.1. The van der Waals surface area contributed by atoms with Crippen LogP contribution in [0.4, 0.5) is 0 Å². The Morgan fingerprint density at radius 1 is 1.15 bits per heavy atom. The van der Waals surface area contributed by atoms with Crippen molar-refractivity contribution in [1.29, 1.82) is 0 Å². The van der Waals surface area contributed by atoms with E-state index >= 15 is 0 Å². The molecule has 0 bridgehead atoms. The van der Waals surface area contributed by atoms with Gasteiger partial charge >= 0.3 is 0 Å². The van der Waals surface area contributed by atoms with Gasteiger partial charge in [-0.15, -0.1) is 0 Å². The normalized spacial score (nSPS) is 24.1. The Balaban J connectivity index is 2.50. The van der Waals surface area contributed by atoms with Crippen LogP contribution in [0, 0.1) is 20.8 Å². The monoisotopic (exact) mass is 273 g/mol. The highest BCUT2D eigenvalue weighted by Crippen LogP contribution is 2.31. The lowest BCUT2D eigenvalue weighted by Crippen LogP contribution is -2.42. The van der Waals surface area contributed by atoms with Gasteiger partial charge in [0, 0.05) is 6.04 Å². The van der Waals surface area contributed by atoms with E-state index in [1.807, 2.05) is 34.6 Å². The number of rotatable bonds is 2. The van der Waals surface area contributed by atoms with E-state index in [4.69, 9.17) is 0 Å². The molecule has 2 rings (SSSR count). The second-order valence-corrected chi connectivity index (χ2v) is 6.05. The molecule has 2 N–H and O–H groups in total. The van der Waals surface area contributed by atoms with E-state index < -0.39 is 5.54 Å². The lowest BCUT2D eigenvalue weighted by Gasteiger charge is -2.26. The fourth-order valence-corrected chi connectivity index (χ4v) is 3.02. The third kappa shape index (κ3) is 2.42. The topological polar surface area (TPSA) is 53.5 Å². The number of amides is 1. The van der Waals surface area contributed by atoms with Gasteiger partial charge in [-0.05, 0) is 58.2 Å². The smallest absolute Gasteiger partial charge is 0.256 e. The first-order valence-corrected chi connectivity index (χ1v) is 7.00. The first kappa shape index (κ1) is 14.6. The van der Waals surface area contributed by atoms with Crippen molar-refractivity contribution in [3.63, 3.8) is 0 Å². The summed E-state index contributed by atoms with van der Waals surface area (Å²) in [5.74, 6) is 0.513. The summed E-state index contributed by atoms with van der Waals surface area (Å²) in [4.78, 5) is 16.8. The maximum atomic E-state index is 12.4. The molecular formula is C16H23N3O. The minimum Gasteiger partial charge on any atom is -0.338 e. The number of carbonyl (C=O) groups excluding carboxylic acids is 1. The van der Waals surface area contributed by atoms with Gasteiger partial charge in [-0.3, -0.25) is 15.1 Å². The third-order valence-electron chi connectivity index (χ3n) is 3.62. The second-order valence-electron chi connectivity index (χ2n) is 6.05. The molecule has 1 aliphatic rings. The summed E-state index contributed by atoms with van der Waals surface area (Å²) in [6, 6.07) is 4.36. The van der Waals surface area contributed by atoms with Crippen molar-refractivity contribution in [2.75, 3.05) is 0 Å². The number of carbonyl (C=O) groups is 1. The van der Waals surface area contributed by atoms with Crippen LogP contribution in [0.2, 0.25) is 0 Å². The Labute approximate surface area is 120 Å². The van der Waals surface area contributed by atoms with Crippen molar-refractivity contribution in [2.45, 2.75) is 53.1 Å². The van der Waals surface area contributed by atoms with Gasteiger partial charge in [0.25, 0.3) is 5.91 Å². The first-order chi connectivity index (χ1) is 9.24. The fourth-order valence-electron chi connectivity index (χ4n) is 3.02. The zero-order valence-electron chi connectivity index (χ0n) is 13.1. The maximum Gasteiger partial charge on any atom is 0.256 e. The van der Waals surface area contributed by atoms with E-state index in [1.165, 1.54) is 5.56 Å². The molecule has 4 nitrogen and oxygen atoms in total. The van der Waals surface area contributed by atoms with Crippen LogP contribution in [-0.2, 0) is 10.3 Å². The molecule has 1 saturated heterocycles. The van der Waals surface area contributed by atoms with Crippen LogP contribution in [0.3, 0.4) is 0 Å². The molecule has 4 heteroatoms. The molecule has 1 fully saturated rings. The Bertz CT molecular complexity index is 566. The van der Waals surface area contributed by atoms with Crippen molar-refractivity contribution < 1.29 is 4.79 Å². The van der Waals surface area contributed by atoms with E-state index in [9.17, 15) is 4.79 Å². The Morgan fingerprint density at radius 3 is 2.20 bits per heavy atom. The summed E-state index contributed by atoms with van der Waals surface area (Å²) in [7, 11) is 0. The first-order valence-electron chi connectivity index (χ1n) is 7.00. The van der Waals surface area contributed by atoms with Gasteiger partial charge in [-0.25, -0.2) is 0 Å². The van der Waals surface area contributed by atoms with Gasteiger partial charge in [0.15, 0.2) is 5.96 Å². The minimum atomic E-state index is -0.754. The van der Waals surface area contributed by atoms with Gasteiger partial charge in [0.2, 0.25) is 0 Å². The number of hydrogen-bond acceptors (Lipinski definition) is 2. The van der Waals surface area contributed by atoms with Crippen LogP contribution >= 0.6 is 0 Å². The summed E-state index contributed by atoms with van der Waals surface area (Å²) in [6.07, 6.45) is 0. The highest BCUT2D eigenvalue weighted by atomic mass is 16.2. The molecule has 0 spiro atoms. The molecule has 0 radical (unpaired) electrons. The largest absolute Gasteiger partial charge is 0.338 e. The number of aryl methyl sites for hydroxylation is 3. The molecular weight excluding hydrogens is 250 g/mol. The van der Waals surface area contributed by atoms with Crippen LogP contribution in [0.1, 0.15) is 43.0 Å². The Kier molecular flexibility index (Phi) is 3.59. The summed E-state index contributed by atoms with van der Waals surface area (Å²) in [5, 5.41) is 6.10. The molecule has 1 aromatic carbocycles. The number of aliphatic imine (C=N–C) groups is 1. The minimum absolute atomic E-state index is 0.0491. The molecule has 1 heterocycles. The SMILES string of the molecule is Cc1cc(C)c(C2(C)NC(=NC(C)C)NC2=O)c(C)c1. The zero-order chi connectivity index (χ0) is 15.1. The molecule has 1 unspecified atom stereocenters. The lowest BCUT2D eigenvalue weighted by molar-refractivity contribution is -0.123. The van der Waals surface area contributed by atoms with Gasteiger partial charge in [0.1, 0.15) is 5.54 Å². The van der Waals surface area contributed by atoms with Crippen LogP contribution in [0.15, 0.2) is 17.1 Å². The highest BCUT2D eigenvalue weighted by Gasteiger charge is 2.44. The maximum absolute atomic E-state index is 12.4. The molecule has 108 valence electrons. The van der Waals surface area contributed by atoms with Crippen molar-refractivity contribution in [1.82, 2.24) is 10.6 Å². The van der Waals surface area contributed by atoms with Crippen molar-refractivity contribution in [3.8, 4) is 0 Å². The molecule has 0 aliphatic carbocycles. The van der Waals surface area contributed by atoms with Gasteiger partial charge in [-0.2, -0.15) is 0 Å². The number of benzene rings is 1. The molecule has 1 atom stereocenters. The second kappa shape index (κ2) is 4.93. The van der Waals surface area contributed by atoms with Crippen LogP contribution in [-0.4, -0.2) is 17.9 Å². The van der Waals surface area contributed by atoms with Crippen molar-refractivity contribution >= 4 is 11.9 Å². The Hall–Kier alpha value is -1.84. The lowest BCUT2D eigenvalue weighted by atomic mass is 9.84. The van der Waals surface area contributed by atoms with Gasteiger partial charge < -0.3 is 5.32 Å². The van der Waals surface area contributed by atoms with Crippen LogP contribution in [0.5, 0.6) is 0 Å². The predicted octanol–water partition coefficient (Wildman–Crippen LogP) is 2.31. The average Bonchev–Trinajstić information content (AvgIpc) is 2.51. The fraction of sp³-hybridized carbons (Fsp3) is 0.500. The quantitative estimate of drug-likeness (QED) is 0.869. The number of nitrogens with one attached hydrogen (secondary N) is 2. The third-order valence-corrected chi connectivity index (χ3v) is 3.62. The molecule has 1 aliphatic heterocycles. The Morgan fingerprint density at radius 2 is 1.70 bits per heavy atom. The molecule has 20 heavy (non-hydrogen) atoms. The van der Waals surface area contributed by atoms with E-state index in [2.05, 4.69) is 34.7 Å². The number of guanidine groups is 1. The van der Waals surface area contributed by atoms with Crippen molar-refractivity contribution in [3.05, 3.63) is 34.4 Å². The average molecular weight is 273 g/mol. The molecule has 0 aromatic heterocycles. The summed E-state index contributed by atoms with van der Waals surface area (Å²) in [6.45, 7) is 12.0. The van der Waals surface area contributed by atoms with E-state index in [0.29, 0.717) is 5.96 Å². The van der Waals surface area contributed by atoms with Crippen molar-refractivity contribution in [2.24, 2.45) is 4.99 Å². The summed E-state index contributed by atoms with van der Waals surface area (Å²) >= 11 is 0. The standard InChI is InChI=1S/C16H23N3O/c1-9(2)17-15-18-14(20)16(6,19-15)13-11(4)7-10(3)8-12(13)5/h7-9H,1-6H3,(H2,17,18,19,20). The molecule has 1 aromatic rings. The number of hydrogen-bond donors (Lipinski definition) is 2.